The van der Waals surface area contributed by atoms with Crippen molar-refractivity contribution in [2.45, 2.75) is 32.4 Å². The van der Waals surface area contributed by atoms with Crippen LogP contribution < -0.4 is 0 Å². The highest BCUT2D eigenvalue weighted by Crippen LogP contribution is 2.35. The van der Waals surface area contributed by atoms with Gasteiger partial charge in [0.25, 0.3) is 0 Å². The van der Waals surface area contributed by atoms with Gasteiger partial charge in [-0.05, 0) is 36.8 Å². The summed E-state index contributed by atoms with van der Waals surface area (Å²) in [6.45, 7) is 2.56. The van der Waals surface area contributed by atoms with Gasteiger partial charge in [0.2, 0.25) is 5.91 Å². The fourth-order valence-corrected chi connectivity index (χ4v) is 2.26. The summed E-state index contributed by atoms with van der Waals surface area (Å²) in [7, 11) is 0. The molecule has 100 valence electrons. The number of carbonyl (C=O) groups excluding carboxylic acids is 1. The van der Waals surface area contributed by atoms with Crippen LogP contribution in [0.25, 0.3) is 10.4 Å². The van der Waals surface area contributed by atoms with Crippen LogP contribution in [-0.4, -0.2) is 23.4 Å². The number of amides is 1. The smallest absolute Gasteiger partial charge is 0.228 e. The molecule has 0 aliphatic heterocycles. The van der Waals surface area contributed by atoms with Crippen molar-refractivity contribution in [2.75, 3.05) is 6.54 Å². The van der Waals surface area contributed by atoms with Gasteiger partial charge in [-0.2, -0.15) is 0 Å². The van der Waals surface area contributed by atoms with Gasteiger partial charge in [0.1, 0.15) is 6.54 Å². The summed E-state index contributed by atoms with van der Waals surface area (Å²) in [6, 6.07) is 10.1. The number of nitrogens with zero attached hydrogens (tertiary/aromatic N) is 4. The average Bonchev–Trinajstić information content (AvgIpc) is 3.27. The monoisotopic (exact) mass is 258 g/mol. The second kappa shape index (κ2) is 6.25. The van der Waals surface area contributed by atoms with E-state index in [4.69, 9.17) is 5.53 Å². The molecule has 1 aromatic carbocycles. The predicted octanol–water partition coefficient (Wildman–Crippen LogP) is 3.12. The molecule has 0 radical (unpaired) electrons. The van der Waals surface area contributed by atoms with E-state index in [1.165, 1.54) is 12.8 Å². The molecule has 1 amide bonds. The minimum absolute atomic E-state index is 0.0962. The molecule has 0 saturated heterocycles. The first kappa shape index (κ1) is 13.4. The van der Waals surface area contributed by atoms with E-state index in [-0.39, 0.29) is 18.5 Å². The molecule has 0 bridgehead atoms. The van der Waals surface area contributed by atoms with E-state index in [2.05, 4.69) is 16.9 Å². The van der Waals surface area contributed by atoms with Gasteiger partial charge in [-0.15, -0.1) is 0 Å². The van der Waals surface area contributed by atoms with E-state index in [1.54, 1.807) is 0 Å². The molecule has 0 N–H and O–H groups in total. The van der Waals surface area contributed by atoms with Crippen LogP contribution in [0.1, 0.15) is 25.3 Å². The molecule has 0 heterocycles. The number of carbonyl (C=O) groups is 1. The summed E-state index contributed by atoms with van der Waals surface area (Å²) in [6.07, 6.45) is 2.36. The molecule has 19 heavy (non-hydrogen) atoms. The SMILES string of the molecule is C[C@@H](C1CC1)N(Cc1ccccc1)C(=O)CN=[N+]=[N-]. The van der Waals surface area contributed by atoms with Crippen molar-refractivity contribution in [1.29, 1.82) is 0 Å². The molecule has 1 aromatic rings. The van der Waals surface area contributed by atoms with Crippen LogP contribution in [0.2, 0.25) is 0 Å². The first-order valence-electron chi connectivity index (χ1n) is 6.56. The van der Waals surface area contributed by atoms with Crippen molar-refractivity contribution in [3.8, 4) is 0 Å². The van der Waals surface area contributed by atoms with Crippen molar-refractivity contribution >= 4 is 5.91 Å². The number of rotatable bonds is 6. The van der Waals surface area contributed by atoms with E-state index in [0.29, 0.717) is 12.5 Å². The molecule has 1 aliphatic rings. The summed E-state index contributed by atoms with van der Waals surface area (Å²) < 4.78 is 0. The molecular weight excluding hydrogens is 240 g/mol. The number of azide groups is 1. The molecule has 1 aliphatic carbocycles. The number of benzene rings is 1. The molecule has 1 fully saturated rings. The second-order valence-corrected chi connectivity index (χ2v) is 4.97. The Morgan fingerprint density at radius 1 is 1.47 bits per heavy atom. The normalized spacial score (nSPS) is 15.4. The third-order valence-electron chi connectivity index (χ3n) is 3.58. The Morgan fingerprint density at radius 2 is 2.16 bits per heavy atom. The van der Waals surface area contributed by atoms with E-state index in [0.717, 1.165) is 5.56 Å². The summed E-state index contributed by atoms with van der Waals surface area (Å²) in [5.41, 5.74) is 9.44. The topological polar surface area (TPSA) is 69.1 Å². The van der Waals surface area contributed by atoms with Crippen molar-refractivity contribution in [1.82, 2.24) is 4.90 Å². The Morgan fingerprint density at radius 3 is 2.74 bits per heavy atom. The first-order valence-corrected chi connectivity index (χ1v) is 6.56. The van der Waals surface area contributed by atoms with Crippen LogP contribution in [-0.2, 0) is 11.3 Å². The highest BCUT2D eigenvalue weighted by Gasteiger charge is 2.33. The summed E-state index contributed by atoms with van der Waals surface area (Å²) in [5, 5.41) is 3.39. The van der Waals surface area contributed by atoms with E-state index in [1.807, 2.05) is 35.2 Å². The first-order chi connectivity index (χ1) is 9.22. The predicted molar refractivity (Wildman–Crippen MR) is 73.2 cm³/mol. The fourth-order valence-electron chi connectivity index (χ4n) is 2.26. The molecule has 1 atom stereocenters. The van der Waals surface area contributed by atoms with Crippen LogP contribution in [0.15, 0.2) is 35.4 Å². The Hall–Kier alpha value is -2.00. The van der Waals surface area contributed by atoms with E-state index < -0.39 is 0 Å². The molecular formula is C14H18N4O. The van der Waals surface area contributed by atoms with Gasteiger partial charge in [0.05, 0.1) is 0 Å². The van der Waals surface area contributed by atoms with Crippen LogP contribution in [0.5, 0.6) is 0 Å². The third kappa shape index (κ3) is 3.73. The molecule has 0 spiro atoms. The van der Waals surface area contributed by atoms with Crippen molar-refractivity contribution in [3.05, 3.63) is 46.3 Å². The van der Waals surface area contributed by atoms with Gasteiger partial charge in [-0.1, -0.05) is 35.4 Å². The fraction of sp³-hybridized carbons (Fsp3) is 0.500. The zero-order valence-electron chi connectivity index (χ0n) is 11.1. The molecule has 2 rings (SSSR count). The lowest BCUT2D eigenvalue weighted by Gasteiger charge is -2.29. The van der Waals surface area contributed by atoms with Gasteiger partial charge >= 0.3 is 0 Å². The number of hydrogen-bond donors (Lipinski definition) is 0. The Kier molecular flexibility index (Phi) is 4.42. The minimum atomic E-state index is -0.0968. The Balaban J connectivity index is 2.09. The largest absolute Gasteiger partial charge is 0.335 e. The third-order valence-corrected chi connectivity index (χ3v) is 3.58. The van der Waals surface area contributed by atoms with Crippen LogP contribution >= 0.6 is 0 Å². The Bertz CT molecular complexity index is 477. The molecule has 5 nitrogen and oxygen atoms in total. The lowest BCUT2D eigenvalue weighted by atomic mass is 10.1. The maximum absolute atomic E-state index is 12.1. The van der Waals surface area contributed by atoms with Gasteiger partial charge < -0.3 is 4.90 Å². The van der Waals surface area contributed by atoms with E-state index >= 15 is 0 Å². The van der Waals surface area contributed by atoms with Gasteiger partial charge in [0.15, 0.2) is 0 Å². The average molecular weight is 258 g/mol. The quantitative estimate of drug-likeness (QED) is 0.439. The van der Waals surface area contributed by atoms with Gasteiger partial charge in [-0.25, -0.2) is 0 Å². The lowest BCUT2D eigenvalue weighted by Crippen LogP contribution is -2.40. The maximum Gasteiger partial charge on any atom is 0.228 e. The molecule has 0 aromatic heterocycles. The molecule has 5 heteroatoms. The van der Waals surface area contributed by atoms with Gasteiger partial charge in [0, 0.05) is 17.5 Å². The summed E-state index contributed by atoms with van der Waals surface area (Å²) in [4.78, 5) is 16.6. The van der Waals surface area contributed by atoms with Gasteiger partial charge in [-0.3, -0.25) is 4.79 Å². The second-order valence-electron chi connectivity index (χ2n) is 4.97. The maximum atomic E-state index is 12.1. The standard InChI is InChI=1S/C14H18N4O/c1-11(13-7-8-13)18(14(19)9-16-17-15)10-12-5-3-2-4-6-12/h2-6,11,13H,7-10H2,1H3/t11-/m0/s1. The number of hydrogen-bond acceptors (Lipinski definition) is 2. The lowest BCUT2D eigenvalue weighted by molar-refractivity contribution is -0.132. The van der Waals surface area contributed by atoms with Crippen molar-refractivity contribution < 1.29 is 4.79 Å². The highest BCUT2D eigenvalue weighted by molar-refractivity contribution is 5.78. The van der Waals surface area contributed by atoms with Crippen LogP contribution in [0.3, 0.4) is 0 Å². The highest BCUT2D eigenvalue weighted by atomic mass is 16.2. The van der Waals surface area contributed by atoms with Crippen LogP contribution in [0, 0.1) is 5.92 Å². The molecule has 0 unspecified atom stereocenters. The zero-order chi connectivity index (χ0) is 13.7. The van der Waals surface area contributed by atoms with E-state index in [9.17, 15) is 4.79 Å². The van der Waals surface area contributed by atoms with Crippen molar-refractivity contribution in [3.63, 3.8) is 0 Å². The Labute approximate surface area is 112 Å². The van der Waals surface area contributed by atoms with Crippen molar-refractivity contribution in [2.24, 2.45) is 11.0 Å². The van der Waals surface area contributed by atoms with Crippen LogP contribution in [0.4, 0.5) is 0 Å². The minimum Gasteiger partial charge on any atom is -0.335 e. The zero-order valence-corrected chi connectivity index (χ0v) is 11.1. The molecule has 1 saturated carbocycles. The summed E-state index contributed by atoms with van der Waals surface area (Å²) >= 11 is 0. The summed E-state index contributed by atoms with van der Waals surface area (Å²) in [5.74, 6) is 0.500.